The van der Waals surface area contributed by atoms with Crippen LogP contribution in [-0.4, -0.2) is 52.1 Å². The van der Waals surface area contributed by atoms with E-state index in [1.54, 1.807) is 0 Å². The van der Waals surface area contributed by atoms with E-state index in [-0.39, 0.29) is 8.41 Å². The average Bonchev–Trinajstić information content (AvgIpc) is 2.20. The Morgan fingerprint density at radius 3 is 1.29 bits per heavy atom. The molecular weight excluding hydrogens is 200 g/mol. The van der Waals surface area contributed by atoms with Crippen molar-refractivity contribution in [3.05, 3.63) is 0 Å². The summed E-state index contributed by atoms with van der Waals surface area (Å²) < 4.78 is 8.59. The van der Waals surface area contributed by atoms with Crippen LogP contribution in [0.2, 0.25) is 0 Å². The van der Waals surface area contributed by atoms with Crippen LogP contribution in [0.5, 0.6) is 0 Å². The fraction of sp³-hybridized carbons (Fsp3) is 1.00. The molecule has 1 N–H and O–H groups in total. The fourth-order valence-electron chi connectivity index (χ4n) is 0.745. The van der Waals surface area contributed by atoms with Crippen LogP contribution in [0.3, 0.4) is 0 Å². The lowest BCUT2D eigenvalue weighted by atomic mass is 10.5. The van der Waals surface area contributed by atoms with Gasteiger partial charge in [0.05, 0.1) is 0 Å². The molecule has 0 aliphatic carbocycles. The van der Waals surface area contributed by atoms with Crippen molar-refractivity contribution in [1.82, 2.24) is 4.90 Å². The van der Waals surface area contributed by atoms with E-state index >= 15 is 0 Å². The zero-order valence-electron chi connectivity index (χ0n) is 9.86. The molecule has 6 heteroatoms. The summed E-state index contributed by atoms with van der Waals surface area (Å²) in [5.74, 6) is 0. The maximum absolute atomic E-state index is 8.29. The highest BCUT2D eigenvalue weighted by Gasteiger charge is 1.94. The van der Waals surface area contributed by atoms with Crippen LogP contribution in [0.1, 0.15) is 20.8 Å². The molecule has 0 amide bonds. The minimum atomic E-state index is -1.58. The number of hydrogen-bond acceptors (Lipinski definition) is 4. The number of hydrogen-bond donors (Lipinski definition) is 1. The molecule has 85 valence electrons. The average molecular weight is 222 g/mol. The normalized spacial score (nSPS) is 9.43. The molecule has 0 rings (SSSR count). The molecule has 0 aromatic carbocycles. The van der Waals surface area contributed by atoms with Gasteiger partial charge in [0, 0.05) is 22.6 Å². The zero-order valence-corrected chi connectivity index (χ0v) is 10.8. The van der Waals surface area contributed by atoms with E-state index in [9.17, 15) is 0 Å². The van der Waals surface area contributed by atoms with Gasteiger partial charge in [0.25, 0.3) is 0 Å². The Bertz CT molecular complexity index is 87.1. The van der Waals surface area contributed by atoms with Crippen LogP contribution in [0.25, 0.3) is 0 Å². The SMILES string of the molecule is CCN(CC)CC.COP(O)OC.[B]. The standard InChI is InChI=1S/C6H15N.C2H7O3P.B/c1-4-7(5-2)6-3;1-4-6(3)5-2;/h4-6H2,1-3H3;3H,1-2H3;. The van der Waals surface area contributed by atoms with E-state index in [0.717, 1.165) is 0 Å². The van der Waals surface area contributed by atoms with Gasteiger partial charge in [-0.3, -0.25) is 0 Å². The van der Waals surface area contributed by atoms with Crippen LogP contribution in [0.4, 0.5) is 0 Å². The minimum absolute atomic E-state index is 0. The predicted octanol–water partition coefficient (Wildman–Crippen LogP) is 1.47. The van der Waals surface area contributed by atoms with Crippen LogP contribution in [-0.2, 0) is 9.05 Å². The van der Waals surface area contributed by atoms with Crippen molar-refractivity contribution in [2.75, 3.05) is 33.9 Å². The molecule has 14 heavy (non-hydrogen) atoms. The second-order valence-corrected chi connectivity index (χ2v) is 3.43. The summed E-state index contributed by atoms with van der Waals surface area (Å²) in [6, 6.07) is 0. The summed E-state index contributed by atoms with van der Waals surface area (Å²) in [4.78, 5) is 10.7. The largest absolute Gasteiger partial charge is 0.329 e. The van der Waals surface area contributed by atoms with E-state index in [1.807, 2.05) is 0 Å². The molecule has 0 bridgehead atoms. The molecule has 0 aliphatic heterocycles. The van der Waals surface area contributed by atoms with Crippen molar-refractivity contribution < 1.29 is 13.9 Å². The quantitative estimate of drug-likeness (QED) is 0.564. The van der Waals surface area contributed by atoms with Crippen LogP contribution in [0.15, 0.2) is 0 Å². The molecule has 0 saturated heterocycles. The maximum atomic E-state index is 8.29. The smallest absolute Gasteiger partial charge is 0.328 e. The van der Waals surface area contributed by atoms with E-state index in [0.29, 0.717) is 0 Å². The highest BCUT2D eigenvalue weighted by Crippen LogP contribution is 2.28. The summed E-state index contributed by atoms with van der Waals surface area (Å²) in [7, 11) is 1.19. The van der Waals surface area contributed by atoms with Gasteiger partial charge >= 0.3 is 8.60 Å². The van der Waals surface area contributed by atoms with Crippen molar-refractivity contribution in [1.29, 1.82) is 0 Å². The molecular formula is C8H22BNO3P. The highest BCUT2D eigenvalue weighted by atomic mass is 31.2. The second kappa shape index (κ2) is 15.8. The summed E-state index contributed by atoms with van der Waals surface area (Å²) in [5, 5.41) is 0. The first-order chi connectivity index (χ1) is 6.15. The van der Waals surface area contributed by atoms with Crippen LogP contribution >= 0.6 is 8.60 Å². The molecule has 0 aromatic heterocycles. The number of rotatable bonds is 5. The Labute approximate surface area is 91.2 Å². The second-order valence-electron chi connectivity index (χ2n) is 2.22. The molecule has 0 aromatic rings. The lowest BCUT2D eigenvalue weighted by Gasteiger charge is -2.13. The van der Waals surface area contributed by atoms with E-state index in [1.165, 1.54) is 33.9 Å². The van der Waals surface area contributed by atoms with Gasteiger partial charge in [0.15, 0.2) is 0 Å². The third kappa shape index (κ3) is 14.8. The predicted molar refractivity (Wildman–Crippen MR) is 62.4 cm³/mol. The van der Waals surface area contributed by atoms with Crippen LogP contribution < -0.4 is 0 Å². The Morgan fingerprint density at radius 2 is 1.29 bits per heavy atom. The van der Waals surface area contributed by atoms with Gasteiger partial charge < -0.3 is 18.8 Å². The zero-order chi connectivity index (χ0) is 10.7. The third-order valence-electron chi connectivity index (χ3n) is 1.65. The van der Waals surface area contributed by atoms with E-state index in [4.69, 9.17) is 4.89 Å². The van der Waals surface area contributed by atoms with Gasteiger partial charge in [-0.05, 0) is 19.6 Å². The Hall–Kier alpha value is 0.335. The first-order valence-corrected chi connectivity index (χ1v) is 5.58. The summed E-state index contributed by atoms with van der Waals surface area (Å²) in [6.07, 6.45) is 0. The van der Waals surface area contributed by atoms with E-state index in [2.05, 4.69) is 34.7 Å². The van der Waals surface area contributed by atoms with Crippen molar-refractivity contribution in [3.8, 4) is 0 Å². The van der Waals surface area contributed by atoms with Crippen molar-refractivity contribution in [2.24, 2.45) is 0 Å². The molecule has 0 unspecified atom stereocenters. The molecule has 0 heterocycles. The van der Waals surface area contributed by atoms with Crippen molar-refractivity contribution in [2.45, 2.75) is 20.8 Å². The summed E-state index contributed by atoms with van der Waals surface area (Å²) in [6.45, 7) is 10.1. The first-order valence-electron chi connectivity index (χ1n) is 4.45. The van der Waals surface area contributed by atoms with Crippen molar-refractivity contribution in [3.63, 3.8) is 0 Å². The summed E-state index contributed by atoms with van der Waals surface area (Å²) >= 11 is 0. The van der Waals surface area contributed by atoms with Crippen molar-refractivity contribution >= 4 is 17.0 Å². The summed E-state index contributed by atoms with van der Waals surface area (Å²) in [5.41, 5.74) is 0. The molecule has 0 fully saturated rings. The minimum Gasteiger partial charge on any atom is -0.328 e. The van der Waals surface area contributed by atoms with Crippen LogP contribution in [0, 0.1) is 0 Å². The van der Waals surface area contributed by atoms with Gasteiger partial charge in [-0.1, -0.05) is 20.8 Å². The third-order valence-corrected chi connectivity index (χ3v) is 2.28. The Kier molecular flexibility index (Phi) is 22.4. The molecule has 0 saturated carbocycles. The molecule has 4 nitrogen and oxygen atoms in total. The van der Waals surface area contributed by atoms with Gasteiger partial charge in [-0.2, -0.15) is 0 Å². The monoisotopic (exact) mass is 222 g/mol. The van der Waals surface area contributed by atoms with Gasteiger partial charge in [-0.25, -0.2) is 0 Å². The topological polar surface area (TPSA) is 41.9 Å². The first kappa shape index (κ1) is 19.8. The molecule has 0 aliphatic rings. The maximum Gasteiger partial charge on any atom is 0.329 e. The molecule has 0 spiro atoms. The van der Waals surface area contributed by atoms with Gasteiger partial charge in [0.1, 0.15) is 0 Å². The van der Waals surface area contributed by atoms with Gasteiger partial charge in [0.2, 0.25) is 0 Å². The lowest BCUT2D eigenvalue weighted by Crippen LogP contribution is -2.21. The fourth-order valence-corrected chi connectivity index (χ4v) is 0.894. The van der Waals surface area contributed by atoms with E-state index < -0.39 is 8.60 Å². The highest BCUT2D eigenvalue weighted by molar-refractivity contribution is 7.40. The van der Waals surface area contributed by atoms with Gasteiger partial charge in [-0.15, -0.1) is 0 Å². The molecule has 0 atom stereocenters. The lowest BCUT2D eigenvalue weighted by molar-refractivity contribution is 0.271. The Balaban J connectivity index is -0.000000163. The Morgan fingerprint density at radius 1 is 1.00 bits per heavy atom. The molecule has 3 radical (unpaired) electrons. The number of nitrogens with zero attached hydrogens (tertiary/aromatic N) is 1.